The van der Waals surface area contributed by atoms with Crippen LogP contribution in [0.5, 0.6) is 0 Å². The highest BCUT2D eigenvalue weighted by atomic mass is 16.4. The Labute approximate surface area is 124 Å². The predicted octanol–water partition coefficient (Wildman–Crippen LogP) is 3.72. The van der Waals surface area contributed by atoms with Gasteiger partial charge in [-0.15, -0.1) is 0 Å². The lowest BCUT2D eigenvalue weighted by molar-refractivity contribution is -0.138. The summed E-state index contributed by atoms with van der Waals surface area (Å²) in [5, 5.41) is 18.5. The molecule has 2 unspecified atom stereocenters. The van der Waals surface area contributed by atoms with Crippen molar-refractivity contribution in [1.29, 1.82) is 5.26 Å². The maximum absolute atomic E-state index is 11.6. The van der Waals surface area contributed by atoms with Crippen molar-refractivity contribution in [2.75, 3.05) is 0 Å². The minimum absolute atomic E-state index is 0.240. The molecule has 0 saturated carbocycles. The van der Waals surface area contributed by atoms with E-state index in [0.29, 0.717) is 6.42 Å². The largest absolute Gasteiger partial charge is 0.481 e. The zero-order chi connectivity index (χ0) is 15.2. The summed E-state index contributed by atoms with van der Waals surface area (Å²) in [6.45, 7) is 1.81. The van der Waals surface area contributed by atoms with E-state index in [1.807, 2.05) is 61.5 Å². The summed E-state index contributed by atoms with van der Waals surface area (Å²) in [7, 11) is 0. The monoisotopic (exact) mass is 279 g/mol. The number of nitrogens with zero attached hydrogens (tertiary/aromatic N) is 1. The molecular formula is C18H17NO2. The fourth-order valence-electron chi connectivity index (χ4n) is 2.32. The van der Waals surface area contributed by atoms with Crippen molar-refractivity contribution < 1.29 is 9.90 Å². The first-order chi connectivity index (χ1) is 10.1. The van der Waals surface area contributed by atoms with Gasteiger partial charge in [0.2, 0.25) is 0 Å². The van der Waals surface area contributed by atoms with Crippen LogP contribution in [0.25, 0.3) is 0 Å². The molecule has 0 aliphatic heterocycles. The molecule has 0 bridgehead atoms. The van der Waals surface area contributed by atoms with E-state index in [1.54, 1.807) is 0 Å². The number of carbonyl (C=O) groups is 1. The average molecular weight is 279 g/mol. The van der Waals surface area contributed by atoms with Crippen LogP contribution in [-0.4, -0.2) is 11.1 Å². The Bertz CT molecular complexity index is 658. The normalized spacial score (nSPS) is 13.1. The second-order valence-corrected chi connectivity index (χ2v) is 5.10. The Morgan fingerprint density at radius 3 is 2.43 bits per heavy atom. The number of carboxylic acid groups (broad SMARTS) is 1. The lowest BCUT2D eigenvalue weighted by Crippen LogP contribution is -2.14. The molecule has 0 amide bonds. The second-order valence-electron chi connectivity index (χ2n) is 5.10. The predicted molar refractivity (Wildman–Crippen MR) is 81.0 cm³/mol. The highest BCUT2D eigenvalue weighted by Crippen LogP contribution is 2.25. The fourth-order valence-corrected chi connectivity index (χ4v) is 2.32. The Morgan fingerprint density at radius 2 is 1.81 bits per heavy atom. The Morgan fingerprint density at radius 1 is 1.14 bits per heavy atom. The zero-order valence-electron chi connectivity index (χ0n) is 11.9. The van der Waals surface area contributed by atoms with E-state index in [0.717, 1.165) is 16.7 Å². The van der Waals surface area contributed by atoms with Crippen LogP contribution in [0.1, 0.15) is 35.4 Å². The molecule has 106 valence electrons. The Kier molecular flexibility index (Phi) is 4.73. The second kappa shape index (κ2) is 6.71. The van der Waals surface area contributed by atoms with Crippen LogP contribution in [-0.2, 0) is 11.2 Å². The van der Waals surface area contributed by atoms with Crippen molar-refractivity contribution >= 4 is 5.97 Å². The van der Waals surface area contributed by atoms with E-state index in [1.165, 1.54) is 0 Å². The topological polar surface area (TPSA) is 61.1 Å². The van der Waals surface area contributed by atoms with Crippen molar-refractivity contribution in [2.24, 2.45) is 0 Å². The lowest BCUT2D eigenvalue weighted by Gasteiger charge is -2.14. The summed E-state index contributed by atoms with van der Waals surface area (Å²) in [6, 6.07) is 19.1. The van der Waals surface area contributed by atoms with E-state index < -0.39 is 11.9 Å². The van der Waals surface area contributed by atoms with Crippen LogP contribution < -0.4 is 0 Å². The molecule has 3 nitrogen and oxygen atoms in total. The minimum atomic E-state index is -0.847. The summed E-state index contributed by atoms with van der Waals surface area (Å²) in [5.74, 6) is -1.69. The van der Waals surface area contributed by atoms with Gasteiger partial charge in [0, 0.05) is 0 Å². The first kappa shape index (κ1) is 14.8. The fraction of sp³-hybridized carbons (Fsp3) is 0.222. The summed E-state index contributed by atoms with van der Waals surface area (Å²) in [4.78, 5) is 11.6. The molecule has 0 spiro atoms. The molecule has 21 heavy (non-hydrogen) atoms. The van der Waals surface area contributed by atoms with Gasteiger partial charge < -0.3 is 5.11 Å². The van der Waals surface area contributed by atoms with Crippen LogP contribution in [0, 0.1) is 11.3 Å². The van der Waals surface area contributed by atoms with Crippen LogP contribution in [0.3, 0.4) is 0 Å². The van der Waals surface area contributed by atoms with Crippen LogP contribution in [0.15, 0.2) is 54.6 Å². The molecule has 0 radical (unpaired) electrons. The highest BCUT2D eigenvalue weighted by Gasteiger charge is 2.21. The Hall–Kier alpha value is -2.60. The third kappa shape index (κ3) is 3.70. The molecule has 2 atom stereocenters. The van der Waals surface area contributed by atoms with Gasteiger partial charge in [0.25, 0.3) is 0 Å². The summed E-state index contributed by atoms with van der Waals surface area (Å²) in [6.07, 6.45) is 0.445. The third-order valence-electron chi connectivity index (χ3n) is 3.59. The van der Waals surface area contributed by atoms with Crippen LogP contribution in [0.4, 0.5) is 0 Å². The van der Waals surface area contributed by atoms with Gasteiger partial charge in [-0.25, -0.2) is 0 Å². The SMILES string of the molecule is CC(C#N)c1cccc(C(Cc2ccccc2)C(=O)O)c1. The summed E-state index contributed by atoms with van der Waals surface area (Å²) >= 11 is 0. The molecule has 2 aromatic carbocycles. The minimum Gasteiger partial charge on any atom is -0.481 e. The van der Waals surface area contributed by atoms with Crippen LogP contribution in [0.2, 0.25) is 0 Å². The van der Waals surface area contributed by atoms with E-state index in [2.05, 4.69) is 6.07 Å². The molecule has 1 N–H and O–H groups in total. The van der Waals surface area contributed by atoms with Crippen molar-refractivity contribution in [3.63, 3.8) is 0 Å². The van der Waals surface area contributed by atoms with Gasteiger partial charge >= 0.3 is 5.97 Å². The number of nitriles is 1. The molecule has 0 aliphatic rings. The summed E-state index contributed by atoms with van der Waals surface area (Å²) < 4.78 is 0. The van der Waals surface area contributed by atoms with Crippen molar-refractivity contribution in [2.45, 2.75) is 25.2 Å². The van der Waals surface area contributed by atoms with Crippen molar-refractivity contribution in [1.82, 2.24) is 0 Å². The first-order valence-corrected chi connectivity index (χ1v) is 6.88. The molecule has 0 aromatic heterocycles. The Balaban J connectivity index is 2.31. The smallest absolute Gasteiger partial charge is 0.311 e. The van der Waals surface area contributed by atoms with Gasteiger partial charge in [-0.3, -0.25) is 4.79 Å². The average Bonchev–Trinajstić information content (AvgIpc) is 2.52. The number of carboxylic acids is 1. The zero-order valence-corrected chi connectivity index (χ0v) is 11.9. The van der Waals surface area contributed by atoms with Gasteiger partial charge in [0.1, 0.15) is 0 Å². The molecule has 0 saturated heterocycles. The van der Waals surface area contributed by atoms with Crippen molar-refractivity contribution in [3.8, 4) is 6.07 Å². The van der Waals surface area contributed by atoms with Gasteiger partial charge in [-0.1, -0.05) is 54.6 Å². The first-order valence-electron chi connectivity index (χ1n) is 6.88. The molecular weight excluding hydrogens is 262 g/mol. The molecule has 0 heterocycles. The number of benzene rings is 2. The van der Waals surface area contributed by atoms with E-state index in [4.69, 9.17) is 5.26 Å². The number of hydrogen-bond acceptors (Lipinski definition) is 2. The summed E-state index contributed by atoms with van der Waals surface area (Å²) in [5.41, 5.74) is 2.59. The molecule has 0 aliphatic carbocycles. The van der Waals surface area contributed by atoms with Gasteiger partial charge in [-0.05, 0) is 30.0 Å². The van der Waals surface area contributed by atoms with Gasteiger partial charge in [0.05, 0.1) is 17.9 Å². The maximum Gasteiger partial charge on any atom is 0.311 e. The standard InChI is InChI=1S/C18H17NO2/c1-13(12-19)15-8-5-9-16(11-15)17(18(20)21)10-14-6-3-2-4-7-14/h2-9,11,13,17H,10H2,1H3,(H,20,21). The molecule has 3 heteroatoms. The molecule has 2 rings (SSSR count). The third-order valence-corrected chi connectivity index (χ3v) is 3.59. The number of hydrogen-bond donors (Lipinski definition) is 1. The van der Waals surface area contributed by atoms with Crippen LogP contribution >= 0.6 is 0 Å². The maximum atomic E-state index is 11.6. The number of aliphatic carboxylic acids is 1. The number of rotatable bonds is 5. The van der Waals surface area contributed by atoms with Crippen molar-refractivity contribution in [3.05, 3.63) is 71.3 Å². The van der Waals surface area contributed by atoms with E-state index in [-0.39, 0.29) is 5.92 Å². The molecule has 0 fully saturated rings. The highest BCUT2D eigenvalue weighted by molar-refractivity contribution is 5.76. The molecule has 2 aromatic rings. The van der Waals surface area contributed by atoms with E-state index in [9.17, 15) is 9.90 Å². The quantitative estimate of drug-likeness (QED) is 0.907. The van der Waals surface area contributed by atoms with Gasteiger partial charge in [0.15, 0.2) is 0 Å². The lowest BCUT2D eigenvalue weighted by atomic mass is 9.89. The van der Waals surface area contributed by atoms with E-state index >= 15 is 0 Å². The van der Waals surface area contributed by atoms with Gasteiger partial charge in [-0.2, -0.15) is 5.26 Å².